The first kappa shape index (κ1) is 23.0. The van der Waals surface area contributed by atoms with Crippen LogP contribution in [0.1, 0.15) is 22.3 Å². The van der Waals surface area contributed by atoms with E-state index in [0.717, 1.165) is 22.3 Å². The van der Waals surface area contributed by atoms with Crippen molar-refractivity contribution in [1.82, 2.24) is 5.32 Å². The van der Waals surface area contributed by atoms with E-state index in [-0.39, 0.29) is 10.6 Å². The Hall–Kier alpha value is -3.65. The minimum atomic E-state index is -4.27. The van der Waals surface area contributed by atoms with Crippen LogP contribution < -0.4 is 14.9 Å². The van der Waals surface area contributed by atoms with Crippen LogP contribution >= 0.6 is 0 Å². The number of urea groups is 2. The Morgan fingerprint density at radius 2 is 1.34 bits per heavy atom. The zero-order valence-corrected chi connectivity index (χ0v) is 19.2. The fourth-order valence-electron chi connectivity index (χ4n) is 3.41. The summed E-state index contributed by atoms with van der Waals surface area (Å²) < 4.78 is 27.1. The van der Waals surface area contributed by atoms with E-state index in [0.29, 0.717) is 9.99 Å². The van der Waals surface area contributed by atoms with Crippen LogP contribution in [0, 0.1) is 27.7 Å². The molecule has 0 fully saturated rings. The number of anilines is 2. The fraction of sp³-hybridized carbons (Fsp3) is 0.167. The maximum atomic E-state index is 13.3. The van der Waals surface area contributed by atoms with Gasteiger partial charge in [0.05, 0.1) is 10.6 Å². The standard InChI is InChI=1S/C24H25N3O4S/c1-16-10-12-20(13-11-16)27(32(30,31)21-8-6-5-7-9-21)24(29)26-23(28)25-22-18(3)14-17(2)15-19(22)4/h5-15H,1-4H3,(H2,25,26,28,29). The third-order valence-electron chi connectivity index (χ3n) is 4.87. The van der Waals surface area contributed by atoms with Crippen molar-refractivity contribution in [2.24, 2.45) is 0 Å². The minimum absolute atomic E-state index is 0.0682. The number of rotatable bonds is 4. The van der Waals surface area contributed by atoms with Crippen LogP contribution in [0.3, 0.4) is 0 Å². The molecule has 0 radical (unpaired) electrons. The van der Waals surface area contributed by atoms with Crippen molar-refractivity contribution in [2.45, 2.75) is 32.6 Å². The van der Waals surface area contributed by atoms with E-state index in [2.05, 4.69) is 10.6 Å². The number of sulfonamides is 1. The molecule has 3 aromatic carbocycles. The number of carbonyl (C=O) groups excluding carboxylic acids is 2. The smallest absolute Gasteiger partial charge is 0.307 e. The molecule has 0 unspecified atom stereocenters. The molecular weight excluding hydrogens is 426 g/mol. The van der Waals surface area contributed by atoms with E-state index < -0.39 is 22.1 Å². The Labute approximate surface area is 188 Å². The van der Waals surface area contributed by atoms with Crippen molar-refractivity contribution < 1.29 is 18.0 Å². The van der Waals surface area contributed by atoms with Crippen LogP contribution in [0.2, 0.25) is 0 Å². The number of carbonyl (C=O) groups is 2. The van der Waals surface area contributed by atoms with Gasteiger partial charge in [-0.1, -0.05) is 53.6 Å². The third kappa shape index (κ3) is 4.97. The van der Waals surface area contributed by atoms with E-state index in [1.165, 1.54) is 24.3 Å². The summed E-state index contributed by atoms with van der Waals surface area (Å²) in [6, 6.07) is 15.9. The Bertz CT molecular complexity index is 1230. The van der Waals surface area contributed by atoms with Gasteiger partial charge >= 0.3 is 12.1 Å². The maximum Gasteiger partial charge on any atom is 0.344 e. The van der Waals surface area contributed by atoms with Gasteiger partial charge in [0.25, 0.3) is 10.0 Å². The molecular formula is C24H25N3O4S. The molecule has 0 bridgehead atoms. The van der Waals surface area contributed by atoms with Crippen molar-refractivity contribution in [1.29, 1.82) is 0 Å². The lowest BCUT2D eigenvalue weighted by Gasteiger charge is -2.23. The van der Waals surface area contributed by atoms with Crippen molar-refractivity contribution in [3.63, 3.8) is 0 Å². The predicted molar refractivity (Wildman–Crippen MR) is 125 cm³/mol. The summed E-state index contributed by atoms with van der Waals surface area (Å²) in [6.07, 6.45) is 0. The predicted octanol–water partition coefficient (Wildman–Crippen LogP) is 5.06. The number of hydrogen-bond donors (Lipinski definition) is 2. The molecule has 0 saturated carbocycles. The van der Waals surface area contributed by atoms with Crippen molar-refractivity contribution in [2.75, 3.05) is 9.62 Å². The van der Waals surface area contributed by atoms with Crippen LogP contribution in [0.4, 0.5) is 21.0 Å². The second kappa shape index (κ2) is 9.23. The Kier molecular flexibility index (Phi) is 6.64. The van der Waals surface area contributed by atoms with Crippen molar-refractivity contribution >= 4 is 33.5 Å². The van der Waals surface area contributed by atoms with E-state index in [1.54, 1.807) is 30.3 Å². The van der Waals surface area contributed by atoms with Gasteiger partial charge in [-0.3, -0.25) is 5.32 Å². The fourth-order valence-corrected chi connectivity index (χ4v) is 4.79. The summed E-state index contributed by atoms with van der Waals surface area (Å²) in [5.41, 5.74) is 4.28. The van der Waals surface area contributed by atoms with E-state index >= 15 is 0 Å². The highest BCUT2D eigenvalue weighted by atomic mass is 32.2. The Morgan fingerprint density at radius 1 is 0.781 bits per heavy atom. The van der Waals surface area contributed by atoms with Crippen molar-refractivity contribution in [3.05, 3.63) is 89.0 Å². The molecule has 0 aliphatic heterocycles. The topological polar surface area (TPSA) is 95.6 Å². The monoisotopic (exact) mass is 451 g/mol. The molecule has 8 heteroatoms. The summed E-state index contributed by atoms with van der Waals surface area (Å²) in [7, 11) is -4.27. The second-order valence-electron chi connectivity index (χ2n) is 7.58. The lowest BCUT2D eigenvalue weighted by atomic mass is 10.1. The molecule has 32 heavy (non-hydrogen) atoms. The van der Waals surface area contributed by atoms with Crippen LogP contribution in [0.15, 0.2) is 71.6 Å². The quantitative estimate of drug-likeness (QED) is 0.580. The van der Waals surface area contributed by atoms with Gasteiger partial charge < -0.3 is 5.32 Å². The molecule has 4 amide bonds. The third-order valence-corrected chi connectivity index (χ3v) is 6.60. The summed E-state index contributed by atoms with van der Waals surface area (Å²) >= 11 is 0. The Balaban J connectivity index is 1.92. The molecule has 2 N–H and O–H groups in total. The molecule has 0 spiro atoms. The molecule has 0 aromatic heterocycles. The van der Waals surface area contributed by atoms with Gasteiger partial charge in [-0.15, -0.1) is 0 Å². The van der Waals surface area contributed by atoms with Gasteiger partial charge in [-0.2, -0.15) is 4.31 Å². The lowest BCUT2D eigenvalue weighted by Crippen LogP contribution is -2.47. The zero-order chi connectivity index (χ0) is 23.5. The maximum absolute atomic E-state index is 13.3. The zero-order valence-electron chi connectivity index (χ0n) is 18.3. The average molecular weight is 452 g/mol. The summed E-state index contributed by atoms with van der Waals surface area (Å²) in [4.78, 5) is 25.6. The van der Waals surface area contributed by atoms with Gasteiger partial charge in [-0.05, 0) is 63.1 Å². The molecule has 7 nitrogen and oxygen atoms in total. The second-order valence-corrected chi connectivity index (χ2v) is 9.36. The van der Waals surface area contributed by atoms with Crippen LogP contribution in [-0.4, -0.2) is 20.5 Å². The van der Waals surface area contributed by atoms with Gasteiger partial charge in [-0.25, -0.2) is 18.0 Å². The number of amides is 4. The highest BCUT2D eigenvalue weighted by molar-refractivity contribution is 7.93. The normalized spacial score (nSPS) is 11.0. The first-order valence-corrected chi connectivity index (χ1v) is 11.4. The van der Waals surface area contributed by atoms with E-state index in [1.807, 2.05) is 39.8 Å². The van der Waals surface area contributed by atoms with Gasteiger partial charge in [0.15, 0.2) is 0 Å². The SMILES string of the molecule is Cc1ccc(N(C(=O)NC(=O)Nc2c(C)cc(C)cc2C)S(=O)(=O)c2ccccc2)cc1. The molecule has 166 valence electrons. The summed E-state index contributed by atoms with van der Waals surface area (Å²) in [6.45, 7) is 7.48. The van der Waals surface area contributed by atoms with E-state index in [4.69, 9.17) is 0 Å². The highest BCUT2D eigenvalue weighted by Crippen LogP contribution is 2.25. The molecule has 3 aromatic rings. The number of nitrogens with one attached hydrogen (secondary N) is 2. The summed E-state index contributed by atoms with van der Waals surface area (Å²) in [5.74, 6) is 0. The number of benzene rings is 3. The molecule has 0 aliphatic rings. The van der Waals surface area contributed by atoms with Crippen LogP contribution in [0.5, 0.6) is 0 Å². The molecule has 0 atom stereocenters. The van der Waals surface area contributed by atoms with Crippen LogP contribution in [-0.2, 0) is 10.0 Å². The van der Waals surface area contributed by atoms with Crippen LogP contribution in [0.25, 0.3) is 0 Å². The average Bonchev–Trinajstić information content (AvgIpc) is 2.73. The largest absolute Gasteiger partial charge is 0.344 e. The Morgan fingerprint density at radius 3 is 1.91 bits per heavy atom. The number of aryl methyl sites for hydroxylation is 4. The first-order valence-electron chi connectivity index (χ1n) is 9.96. The number of imide groups is 1. The first-order chi connectivity index (χ1) is 15.1. The number of nitrogens with zero attached hydrogens (tertiary/aromatic N) is 1. The minimum Gasteiger partial charge on any atom is -0.307 e. The lowest BCUT2D eigenvalue weighted by molar-refractivity contribution is 0.238. The molecule has 0 saturated heterocycles. The highest BCUT2D eigenvalue weighted by Gasteiger charge is 2.32. The van der Waals surface area contributed by atoms with Gasteiger partial charge in [0, 0.05) is 5.69 Å². The molecule has 3 rings (SSSR count). The number of hydrogen-bond acceptors (Lipinski definition) is 4. The molecule has 0 aliphatic carbocycles. The van der Waals surface area contributed by atoms with Crippen molar-refractivity contribution in [3.8, 4) is 0 Å². The van der Waals surface area contributed by atoms with Gasteiger partial charge in [0.2, 0.25) is 0 Å². The van der Waals surface area contributed by atoms with E-state index in [9.17, 15) is 18.0 Å². The summed E-state index contributed by atoms with van der Waals surface area (Å²) in [5, 5.41) is 4.80. The molecule has 0 heterocycles. The van der Waals surface area contributed by atoms with Gasteiger partial charge in [0.1, 0.15) is 0 Å².